The summed E-state index contributed by atoms with van der Waals surface area (Å²) in [7, 11) is 0. The molecule has 0 fully saturated rings. The maximum atomic E-state index is 13.6. The molecule has 0 aliphatic heterocycles. The van der Waals surface area contributed by atoms with E-state index in [9.17, 15) is 8.78 Å². The third-order valence-corrected chi connectivity index (χ3v) is 2.69. The highest BCUT2D eigenvalue weighted by Crippen LogP contribution is 2.23. The number of aromatic nitrogens is 2. The van der Waals surface area contributed by atoms with Gasteiger partial charge >= 0.3 is 0 Å². The van der Waals surface area contributed by atoms with Gasteiger partial charge in [-0.05, 0) is 24.3 Å². The Bertz CT molecular complexity index is 740. The molecule has 2 heterocycles. The van der Waals surface area contributed by atoms with E-state index in [4.69, 9.17) is 5.73 Å². The number of halogens is 3. The molecular weight excluding hydrogens is 272 g/mol. The molecule has 0 spiro atoms. The van der Waals surface area contributed by atoms with Crippen molar-refractivity contribution in [3.63, 3.8) is 0 Å². The van der Waals surface area contributed by atoms with Crippen molar-refractivity contribution >= 4 is 23.7 Å². The molecule has 2 aromatic heterocycles. The standard InChI is InChI=1S/C13H9F2N3.ClH/c14-8-1-2-11(15)10(5-8)12-7-18-4-3-9(16)6-13(18)17-12;/h1-7H,16H2;1H. The average molecular weight is 282 g/mol. The van der Waals surface area contributed by atoms with Crippen molar-refractivity contribution in [1.82, 2.24) is 9.38 Å². The fourth-order valence-corrected chi connectivity index (χ4v) is 1.82. The summed E-state index contributed by atoms with van der Waals surface area (Å²) in [6.07, 6.45) is 3.35. The van der Waals surface area contributed by atoms with Crippen LogP contribution in [0.2, 0.25) is 0 Å². The third-order valence-electron chi connectivity index (χ3n) is 2.69. The number of pyridine rings is 1. The number of anilines is 1. The van der Waals surface area contributed by atoms with Crippen molar-refractivity contribution in [2.45, 2.75) is 0 Å². The summed E-state index contributed by atoms with van der Waals surface area (Å²) >= 11 is 0. The zero-order valence-corrected chi connectivity index (χ0v) is 10.5. The average Bonchev–Trinajstić information content (AvgIpc) is 2.74. The van der Waals surface area contributed by atoms with E-state index in [-0.39, 0.29) is 18.0 Å². The van der Waals surface area contributed by atoms with Crippen molar-refractivity contribution in [1.29, 1.82) is 0 Å². The van der Waals surface area contributed by atoms with E-state index >= 15 is 0 Å². The topological polar surface area (TPSA) is 43.3 Å². The van der Waals surface area contributed by atoms with Gasteiger partial charge in [0.05, 0.1) is 5.69 Å². The Morgan fingerprint density at radius 3 is 2.68 bits per heavy atom. The van der Waals surface area contributed by atoms with Crippen LogP contribution in [0.25, 0.3) is 16.9 Å². The van der Waals surface area contributed by atoms with E-state index < -0.39 is 11.6 Å². The Morgan fingerprint density at radius 1 is 1.11 bits per heavy atom. The lowest BCUT2D eigenvalue weighted by molar-refractivity contribution is 0.603. The summed E-state index contributed by atoms with van der Waals surface area (Å²) in [6.45, 7) is 0. The first-order valence-electron chi connectivity index (χ1n) is 5.33. The van der Waals surface area contributed by atoms with Gasteiger partial charge in [0.1, 0.15) is 17.3 Å². The van der Waals surface area contributed by atoms with Crippen molar-refractivity contribution in [2.75, 3.05) is 5.73 Å². The molecule has 0 amide bonds. The molecule has 0 radical (unpaired) electrons. The molecule has 3 aromatic rings. The minimum atomic E-state index is -0.507. The van der Waals surface area contributed by atoms with Gasteiger partial charge in [-0.2, -0.15) is 0 Å². The predicted octanol–water partition coefficient (Wildman–Crippen LogP) is 3.28. The molecule has 3 rings (SSSR count). The molecule has 0 saturated carbocycles. The molecule has 3 nitrogen and oxygen atoms in total. The molecule has 19 heavy (non-hydrogen) atoms. The van der Waals surface area contributed by atoms with Crippen molar-refractivity contribution in [2.24, 2.45) is 0 Å². The molecule has 6 heteroatoms. The molecule has 0 unspecified atom stereocenters. The number of fused-ring (bicyclic) bond motifs is 1. The third kappa shape index (κ3) is 2.37. The maximum Gasteiger partial charge on any atom is 0.139 e. The normalized spacial score (nSPS) is 10.4. The second kappa shape index (κ2) is 4.85. The number of imidazole rings is 1. The Balaban J connectivity index is 0.00000133. The van der Waals surface area contributed by atoms with Crippen LogP contribution in [-0.4, -0.2) is 9.38 Å². The smallest absolute Gasteiger partial charge is 0.139 e. The van der Waals surface area contributed by atoms with Crippen molar-refractivity contribution in [3.05, 3.63) is 54.4 Å². The maximum absolute atomic E-state index is 13.6. The Kier molecular flexibility index (Phi) is 3.40. The number of hydrogen-bond acceptors (Lipinski definition) is 2. The first-order chi connectivity index (χ1) is 8.63. The van der Waals surface area contributed by atoms with Gasteiger partial charge in [-0.3, -0.25) is 0 Å². The van der Waals surface area contributed by atoms with Gasteiger partial charge in [0.25, 0.3) is 0 Å². The highest BCUT2D eigenvalue weighted by atomic mass is 35.5. The van der Waals surface area contributed by atoms with Gasteiger partial charge in [0, 0.05) is 29.7 Å². The molecule has 2 N–H and O–H groups in total. The minimum absolute atomic E-state index is 0. The first kappa shape index (κ1) is 13.3. The monoisotopic (exact) mass is 281 g/mol. The van der Waals surface area contributed by atoms with Gasteiger partial charge in [-0.15, -0.1) is 12.4 Å². The quantitative estimate of drug-likeness (QED) is 0.744. The van der Waals surface area contributed by atoms with Gasteiger partial charge in [0.2, 0.25) is 0 Å². The minimum Gasteiger partial charge on any atom is -0.399 e. The largest absolute Gasteiger partial charge is 0.399 e. The van der Waals surface area contributed by atoms with Crippen LogP contribution < -0.4 is 5.73 Å². The SMILES string of the molecule is Cl.Nc1ccn2cc(-c3cc(F)ccc3F)nc2c1. The molecule has 1 aromatic carbocycles. The van der Waals surface area contributed by atoms with E-state index in [1.807, 2.05) is 0 Å². The van der Waals surface area contributed by atoms with Crippen LogP contribution in [0.4, 0.5) is 14.5 Å². The molecule has 0 aliphatic carbocycles. The number of rotatable bonds is 1. The van der Waals surface area contributed by atoms with E-state index in [1.165, 1.54) is 0 Å². The van der Waals surface area contributed by atoms with Crippen LogP contribution in [0.15, 0.2) is 42.7 Å². The zero-order valence-electron chi connectivity index (χ0n) is 9.68. The lowest BCUT2D eigenvalue weighted by Gasteiger charge is -1.98. The molecule has 0 saturated heterocycles. The molecular formula is C13H10ClF2N3. The Labute approximate surface area is 114 Å². The second-order valence-electron chi connectivity index (χ2n) is 3.98. The van der Waals surface area contributed by atoms with E-state index in [2.05, 4.69) is 4.98 Å². The molecule has 0 atom stereocenters. The first-order valence-corrected chi connectivity index (χ1v) is 5.33. The summed E-state index contributed by atoms with van der Waals surface area (Å²) < 4.78 is 28.5. The van der Waals surface area contributed by atoms with E-state index in [0.29, 0.717) is 17.0 Å². The van der Waals surface area contributed by atoms with Gasteiger partial charge in [-0.1, -0.05) is 0 Å². The number of nitrogens with two attached hydrogens (primary N) is 1. The molecule has 0 aliphatic rings. The lowest BCUT2D eigenvalue weighted by Crippen LogP contribution is -1.87. The number of nitrogen functional groups attached to an aromatic ring is 1. The van der Waals surface area contributed by atoms with Crippen LogP contribution in [0.1, 0.15) is 0 Å². The van der Waals surface area contributed by atoms with Crippen LogP contribution in [0.3, 0.4) is 0 Å². The van der Waals surface area contributed by atoms with Gasteiger partial charge in [-0.25, -0.2) is 13.8 Å². The van der Waals surface area contributed by atoms with E-state index in [0.717, 1.165) is 18.2 Å². The summed E-state index contributed by atoms with van der Waals surface area (Å²) in [6, 6.07) is 6.66. The zero-order chi connectivity index (χ0) is 12.7. The number of benzene rings is 1. The van der Waals surface area contributed by atoms with Crippen molar-refractivity contribution in [3.8, 4) is 11.3 Å². The second-order valence-corrected chi connectivity index (χ2v) is 3.98. The van der Waals surface area contributed by atoms with Gasteiger partial charge in [0.15, 0.2) is 0 Å². The molecule has 98 valence electrons. The predicted molar refractivity (Wildman–Crippen MR) is 72.2 cm³/mol. The van der Waals surface area contributed by atoms with E-state index in [1.54, 1.807) is 28.9 Å². The van der Waals surface area contributed by atoms with Crippen LogP contribution in [0, 0.1) is 11.6 Å². The Hall–Kier alpha value is -2.14. The van der Waals surface area contributed by atoms with Crippen LogP contribution >= 0.6 is 12.4 Å². The fourth-order valence-electron chi connectivity index (χ4n) is 1.82. The van der Waals surface area contributed by atoms with Gasteiger partial charge < -0.3 is 10.1 Å². The summed E-state index contributed by atoms with van der Waals surface area (Å²) in [5.41, 5.74) is 7.31. The highest BCUT2D eigenvalue weighted by Gasteiger charge is 2.10. The van der Waals surface area contributed by atoms with Crippen LogP contribution in [-0.2, 0) is 0 Å². The van der Waals surface area contributed by atoms with Crippen LogP contribution in [0.5, 0.6) is 0 Å². The highest BCUT2D eigenvalue weighted by molar-refractivity contribution is 5.85. The number of nitrogens with zero attached hydrogens (tertiary/aromatic N) is 2. The summed E-state index contributed by atoms with van der Waals surface area (Å²) in [4.78, 5) is 4.22. The number of hydrogen-bond donors (Lipinski definition) is 1. The summed E-state index contributed by atoms with van der Waals surface area (Å²) in [5.74, 6) is -1.00. The molecule has 0 bridgehead atoms. The van der Waals surface area contributed by atoms with Crippen molar-refractivity contribution < 1.29 is 8.78 Å². The summed E-state index contributed by atoms with van der Waals surface area (Å²) in [5, 5.41) is 0. The Morgan fingerprint density at radius 2 is 1.89 bits per heavy atom. The lowest BCUT2D eigenvalue weighted by atomic mass is 10.1. The fraction of sp³-hybridized carbons (Fsp3) is 0.